The number of fused-ring (bicyclic) bond motifs is 1. The molecule has 0 radical (unpaired) electrons. The van der Waals surface area contributed by atoms with Gasteiger partial charge in [0.1, 0.15) is 22.1 Å². The lowest BCUT2D eigenvalue weighted by molar-refractivity contribution is 0.0478. The number of esters is 1. The molecule has 0 N–H and O–H groups in total. The van der Waals surface area contributed by atoms with Crippen LogP contribution in [0, 0.1) is 6.92 Å². The third-order valence-electron chi connectivity index (χ3n) is 4.80. The molecule has 0 atom stereocenters. The maximum Gasteiger partial charge on any atom is 0.349 e. The lowest BCUT2D eigenvalue weighted by atomic mass is 10.1. The number of nitrogens with zero attached hydrogens (tertiary/aromatic N) is 3. The molecule has 4 rings (SSSR count). The fourth-order valence-corrected chi connectivity index (χ4v) is 4.69. The highest BCUT2D eigenvalue weighted by Gasteiger charge is 2.24. The third kappa shape index (κ3) is 3.77. The highest BCUT2D eigenvalue weighted by Crippen LogP contribution is 2.37. The number of hydrogen-bond donors (Lipinski definition) is 0. The molecule has 3 heterocycles. The number of benzene rings is 1. The molecule has 0 saturated carbocycles. The zero-order valence-electron chi connectivity index (χ0n) is 15.1. The first-order valence-electron chi connectivity index (χ1n) is 9.06. The van der Waals surface area contributed by atoms with Crippen LogP contribution in [-0.2, 0) is 11.3 Å². The number of carbonyl (C=O) groups is 1. The molecule has 0 unspecified atom stereocenters. The molecule has 1 aromatic carbocycles. The minimum atomic E-state index is -0.333. The van der Waals surface area contributed by atoms with Gasteiger partial charge in [0.2, 0.25) is 5.28 Å². The smallest absolute Gasteiger partial charge is 0.349 e. The second kappa shape index (κ2) is 7.82. The van der Waals surface area contributed by atoms with Crippen molar-refractivity contribution in [1.82, 2.24) is 9.97 Å². The topological polar surface area (TPSA) is 55.3 Å². The van der Waals surface area contributed by atoms with Crippen LogP contribution in [0.1, 0.15) is 40.1 Å². The predicted molar refractivity (Wildman–Crippen MR) is 109 cm³/mol. The van der Waals surface area contributed by atoms with Crippen molar-refractivity contribution >= 4 is 44.9 Å². The van der Waals surface area contributed by atoms with Crippen LogP contribution in [-0.4, -0.2) is 29.0 Å². The minimum absolute atomic E-state index is 0.216. The molecule has 7 heteroatoms. The lowest BCUT2D eigenvalue weighted by Gasteiger charge is -2.28. The molecular weight excluding hydrogens is 382 g/mol. The van der Waals surface area contributed by atoms with Gasteiger partial charge in [-0.05, 0) is 48.9 Å². The Labute approximate surface area is 167 Å². The molecule has 1 fully saturated rings. The molecule has 1 aliphatic heterocycles. The molecule has 5 nitrogen and oxygen atoms in total. The summed E-state index contributed by atoms with van der Waals surface area (Å²) in [6.45, 7) is 4.08. The number of piperidine rings is 1. The zero-order valence-corrected chi connectivity index (χ0v) is 16.6. The van der Waals surface area contributed by atoms with E-state index < -0.39 is 0 Å². The first-order chi connectivity index (χ1) is 13.1. The monoisotopic (exact) mass is 401 g/mol. The summed E-state index contributed by atoms with van der Waals surface area (Å²) in [5, 5.41) is 1.13. The highest BCUT2D eigenvalue weighted by molar-refractivity contribution is 7.20. The van der Waals surface area contributed by atoms with Gasteiger partial charge in [-0.2, -0.15) is 4.98 Å². The molecule has 1 saturated heterocycles. The van der Waals surface area contributed by atoms with Crippen molar-refractivity contribution in [3.8, 4) is 0 Å². The van der Waals surface area contributed by atoms with Crippen molar-refractivity contribution in [3.05, 3.63) is 51.6 Å². The van der Waals surface area contributed by atoms with E-state index in [1.807, 2.05) is 37.3 Å². The van der Waals surface area contributed by atoms with Crippen LogP contribution in [0.5, 0.6) is 0 Å². The molecule has 0 amide bonds. The number of aromatic nitrogens is 2. The number of anilines is 1. The van der Waals surface area contributed by atoms with Crippen molar-refractivity contribution < 1.29 is 9.53 Å². The summed E-state index contributed by atoms with van der Waals surface area (Å²) in [6, 6.07) is 9.66. The van der Waals surface area contributed by atoms with E-state index >= 15 is 0 Å². The quantitative estimate of drug-likeness (QED) is 0.454. The summed E-state index contributed by atoms with van der Waals surface area (Å²) in [6.07, 6.45) is 3.51. The second-order valence-electron chi connectivity index (χ2n) is 6.66. The Kier molecular flexibility index (Phi) is 5.27. The van der Waals surface area contributed by atoms with Crippen LogP contribution in [0.2, 0.25) is 5.28 Å². The van der Waals surface area contributed by atoms with Crippen molar-refractivity contribution in [2.45, 2.75) is 32.8 Å². The second-order valence-corrected chi connectivity index (χ2v) is 8.00. The van der Waals surface area contributed by atoms with Crippen LogP contribution >= 0.6 is 22.9 Å². The molecular formula is C20H20ClN3O2S. The van der Waals surface area contributed by atoms with Crippen LogP contribution in [0.25, 0.3) is 10.2 Å². The maximum absolute atomic E-state index is 12.7. The standard InChI is InChI=1S/C20H20ClN3O2S/c1-13-15-17(24-10-6-3-7-11-24)22-20(21)23-18(15)27-16(13)19(25)26-12-14-8-4-2-5-9-14/h2,4-5,8-9H,3,6-7,10-12H2,1H3. The van der Waals surface area contributed by atoms with Gasteiger partial charge < -0.3 is 9.64 Å². The average molecular weight is 402 g/mol. The van der Waals surface area contributed by atoms with Gasteiger partial charge in [-0.1, -0.05) is 30.3 Å². The van der Waals surface area contributed by atoms with Crippen molar-refractivity contribution in [1.29, 1.82) is 0 Å². The summed E-state index contributed by atoms with van der Waals surface area (Å²) >= 11 is 7.49. The first kappa shape index (κ1) is 18.2. The minimum Gasteiger partial charge on any atom is -0.457 e. The van der Waals surface area contributed by atoms with E-state index in [0.717, 1.165) is 53.1 Å². The van der Waals surface area contributed by atoms with E-state index in [1.54, 1.807) is 0 Å². The van der Waals surface area contributed by atoms with E-state index in [2.05, 4.69) is 14.9 Å². The Morgan fingerprint density at radius 2 is 1.93 bits per heavy atom. The lowest BCUT2D eigenvalue weighted by Crippen LogP contribution is -2.30. The summed E-state index contributed by atoms with van der Waals surface area (Å²) in [4.78, 5) is 25.1. The summed E-state index contributed by atoms with van der Waals surface area (Å²) in [5.41, 5.74) is 1.83. The molecule has 0 bridgehead atoms. The van der Waals surface area contributed by atoms with Gasteiger partial charge in [0.15, 0.2) is 0 Å². The van der Waals surface area contributed by atoms with Crippen LogP contribution in [0.3, 0.4) is 0 Å². The van der Waals surface area contributed by atoms with Crippen molar-refractivity contribution in [2.75, 3.05) is 18.0 Å². The number of thiophene rings is 1. The molecule has 27 heavy (non-hydrogen) atoms. The third-order valence-corrected chi connectivity index (χ3v) is 6.13. The Balaban J connectivity index is 1.65. The molecule has 0 spiro atoms. The number of aryl methyl sites for hydroxylation is 1. The van der Waals surface area contributed by atoms with Gasteiger partial charge in [0.05, 0.1) is 5.39 Å². The van der Waals surface area contributed by atoms with Crippen molar-refractivity contribution in [3.63, 3.8) is 0 Å². The number of rotatable bonds is 4. The summed E-state index contributed by atoms with van der Waals surface area (Å²) in [7, 11) is 0. The Morgan fingerprint density at radius 3 is 2.67 bits per heavy atom. The van der Waals surface area contributed by atoms with E-state index in [4.69, 9.17) is 16.3 Å². The van der Waals surface area contributed by atoms with Gasteiger partial charge >= 0.3 is 5.97 Å². The molecule has 3 aromatic rings. The summed E-state index contributed by atoms with van der Waals surface area (Å²) < 4.78 is 5.52. The summed E-state index contributed by atoms with van der Waals surface area (Å²) in [5.74, 6) is 0.501. The van der Waals surface area contributed by atoms with E-state index in [-0.39, 0.29) is 17.9 Å². The van der Waals surface area contributed by atoms with Gasteiger partial charge in [0.25, 0.3) is 0 Å². The van der Waals surface area contributed by atoms with Gasteiger partial charge in [-0.25, -0.2) is 9.78 Å². The van der Waals surface area contributed by atoms with E-state index in [9.17, 15) is 4.79 Å². The Bertz CT molecular complexity index is 968. The number of ether oxygens (including phenoxy) is 1. The van der Waals surface area contributed by atoms with Gasteiger partial charge in [-0.3, -0.25) is 0 Å². The number of hydrogen-bond acceptors (Lipinski definition) is 6. The Morgan fingerprint density at radius 1 is 1.19 bits per heavy atom. The van der Waals surface area contributed by atoms with E-state index in [0.29, 0.717) is 4.88 Å². The average Bonchev–Trinajstić information content (AvgIpc) is 3.03. The molecule has 140 valence electrons. The molecule has 1 aliphatic rings. The SMILES string of the molecule is Cc1c(C(=O)OCc2ccccc2)sc2nc(Cl)nc(N3CCCCC3)c12. The van der Waals surface area contributed by atoms with Crippen LogP contribution < -0.4 is 4.90 Å². The molecule has 2 aromatic heterocycles. The fourth-order valence-electron chi connectivity index (χ4n) is 3.41. The van der Waals surface area contributed by atoms with E-state index in [1.165, 1.54) is 17.8 Å². The molecule has 0 aliphatic carbocycles. The normalized spacial score (nSPS) is 14.5. The number of halogens is 1. The first-order valence-corrected chi connectivity index (χ1v) is 10.3. The number of carbonyl (C=O) groups excluding carboxylic acids is 1. The fraction of sp³-hybridized carbons (Fsp3) is 0.350. The zero-order chi connectivity index (χ0) is 18.8. The largest absolute Gasteiger partial charge is 0.457 e. The van der Waals surface area contributed by atoms with Crippen molar-refractivity contribution in [2.24, 2.45) is 0 Å². The van der Waals surface area contributed by atoms with Crippen LogP contribution in [0.15, 0.2) is 30.3 Å². The Hall–Kier alpha value is -2.18. The van der Waals surface area contributed by atoms with Gasteiger partial charge in [-0.15, -0.1) is 11.3 Å². The van der Waals surface area contributed by atoms with Gasteiger partial charge in [0, 0.05) is 13.1 Å². The highest BCUT2D eigenvalue weighted by atomic mass is 35.5. The predicted octanol–water partition coefficient (Wildman–Crippen LogP) is 5.00. The maximum atomic E-state index is 12.7. The van der Waals surface area contributed by atoms with Crippen LogP contribution in [0.4, 0.5) is 5.82 Å².